The Labute approximate surface area is 383 Å². The molecule has 15 heteroatoms. The SMILES string of the molecule is COC(=O)N[C@H](C(=O)N1CCC[C@H]1C(=O)NC1=CC=C([C@@H]2CC[C@@H](c3ccc(NC(=O)[C@@H]4CCCN4C(=O)[C@@H](NC(=O)OC)C(C)C)cc3)N2c2ccc(C3CC3)cc2)C(C)C1)C(C)C. The highest BCUT2D eigenvalue weighted by Gasteiger charge is 2.42. The Morgan fingerprint density at radius 3 is 1.62 bits per heavy atom. The second-order valence-electron chi connectivity index (χ2n) is 19.0. The first kappa shape index (κ1) is 47.1. The van der Waals surface area contributed by atoms with E-state index in [0.717, 1.165) is 29.8 Å². The number of alkyl carbamates (subject to hydrolysis) is 2. The molecule has 0 spiro atoms. The number of carbonyl (C=O) groups excluding carboxylic acids is 6. The Bertz CT molecular complexity index is 2150. The molecule has 0 bridgehead atoms. The lowest BCUT2D eigenvalue weighted by Crippen LogP contribution is -2.55. The molecule has 3 aliphatic heterocycles. The van der Waals surface area contributed by atoms with E-state index in [9.17, 15) is 28.8 Å². The summed E-state index contributed by atoms with van der Waals surface area (Å²) in [4.78, 5) is 84.5. The van der Waals surface area contributed by atoms with Crippen molar-refractivity contribution in [2.24, 2.45) is 17.8 Å². The molecule has 7 atom stereocenters. The van der Waals surface area contributed by atoms with Crippen molar-refractivity contribution in [2.75, 3.05) is 37.5 Å². The molecule has 2 aromatic carbocycles. The second kappa shape index (κ2) is 20.5. The number of amides is 6. The summed E-state index contributed by atoms with van der Waals surface area (Å²) in [6.07, 6.45) is 10.2. The van der Waals surface area contributed by atoms with Crippen LogP contribution in [-0.2, 0) is 28.7 Å². The maximum absolute atomic E-state index is 13.8. The first-order chi connectivity index (χ1) is 31.2. The van der Waals surface area contributed by atoms with E-state index in [1.165, 1.54) is 38.2 Å². The number of benzene rings is 2. The molecular weight excluding hydrogens is 827 g/mol. The van der Waals surface area contributed by atoms with Crippen molar-refractivity contribution in [3.8, 4) is 0 Å². The first-order valence-corrected chi connectivity index (χ1v) is 23.5. The van der Waals surface area contributed by atoms with Crippen LogP contribution in [0.15, 0.2) is 72.0 Å². The number of allylic oxidation sites excluding steroid dienone is 3. The van der Waals surface area contributed by atoms with Gasteiger partial charge in [0, 0.05) is 30.2 Å². The summed E-state index contributed by atoms with van der Waals surface area (Å²) in [6.45, 7) is 10.5. The molecule has 6 amide bonds. The van der Waals surface area contributed by atoms with Crippen molar-refractivity contribution in [3.63, 3.8) is 0 Å². The van der Waals surface area contributed by atoms with E-state index >= 15 is 0 Å². The zero-order chi connectivity index (χ0) is 46.5. The summed E-state index contributed by atoms with van der Waals surface area (Å²) in [5, 5.41) is 11.5. The maximum atomic E-state index is 13.8. The van der Waals surface area contributed by atoms with E-state index in [1.54, 1.807) is 9.80 Å². The minimum atomic E-state index is -0.806. The van der Waals surface area contributed by atoms with Gasteiger partial charge in [0.25, 0.3) is 0 Å². The number of ether oxygens (including phenoxy) is 2. The first-order valence-electron chi connectivity index (χ1n) is 23.5. The predicted octanol–water partition coefficient (Wildman–Crippen LogP) is 6.92. The minimum absolute atomic E-state index is 0.0714. The molecule has 3 saturated heterocycles. The number of carbonyl (C=O) groups is 6. The number of hydrogen-bond donors (Lipinski definition) is 4. The third kappa shape index (κ3) is 10.7. The average molecular weight is 894 g/mol. The van der Waals surface area contributed by atoms with Crippen LogP contribution in [0.25, 0.3) is 0 Å². The summed E-state index contributed by atoms with van der Waals surface area (Å²) in [6, 6.07) is 14.4. The van der Waals surface area contributed by atoms with Gasteiger partial charge in [0.15, 0.2) is 0 Å². The number of rotatable bonds is 14. The fraction of sp³-hybridized carbons (Fsp3) is 0.560. The summed E-state index contributed by atoms with van der Waals surface area (Å²) >= 11 is 0. The molecule has 5 aliphatic rings. The molecule has 1 unspecified atom stereocenters. The molecule has 0 radical (unpaired) electrons. The molecule has 7 rings (SSSR count). The molecule has 2 aliphatic carbocycles. The van der Waals surface area contributed by atoms with E-state index in [0.29, 0.717) is 56.8 Å². The van der Waals surface area contributed by atoms with Crippen molar-refractivity contribution in [1.29, 1.82) is 0 Å². The average Bonchev–Trinajstić information content (AvgIpc) is 3.62. The van der Waals surface area contributed by atoms with Crippen LogP contribution in [0.2, 0.25) is 0 Å². The minimum Gasteiger partial charge on any atom is -0.453 e. The van der Waals surface area contributed by atoms with Gasteiger partial charge in [0.2, 0.25) is 23.6 Å². The van der Waals surface area contributed by atoms with Gasteiger partial charge in [-0.1, -0.05) is 65.0 Å². The van der Waals surface area contributed by atoms with E-state index in [4.69, 9.17) is 9.47 Å². The summed E-state index contributed by atoms with van der Waals surface area (Å²) in [7, 11) is 2.52. The number of methoxy groups -OCH3 is 2. The molecule has 4 fully saturated rings. The van der Waals surface area contributed by atoms with Gasteiger partial charge in [-0.2, -0.15) is 0 Å². The van der Waals surface area contributed by atoms with Crippen LogP contribution in [0, 0.1) is 17.8 Å². The molecule has 1 saturated carbocycles. The molecule has 15 nitrogen and oxygen atoms in total. The lowest BCUT2D eigenvalue weighted by atomic mass is 9.85. The van der Waals surface area contributed by atoms with Crippen LogP contribution >= 0.6 is 0 Å². The topological polar surface area (TPSA) is 179 Å². The third-order valence-electron chi connectivity index (χ3n) is 13.9. The standard InChI is InChI=1S/C50H67N7O8/c1-29(2)43(53-49(62)64-6)47(60)55-26-8-10-41(55)45(58)51-35-18-14-34(15-19-35)39-24-25-40(57(39)37-21-16-33(17-22-37)32-12-13-32)38-23-20-36(28-31(38)5)52-46(59)42-11-9-27-56(42)48(61)44(30(3)4)54-50(63)65-7/h14-23,29-32,39-44H,8-13,24-28H2,1-7H3,(H,51,58)(H,52,59)(H,53,62)(H,54,63)/t31?,39-,40-,41-,42-,43-,44-/m0/s1. The second-order valence-corrected chi connectivity index (χ2v) is 19.0. The fourth-order valence-electron chi connectivity index (χ4n) is 10.2. The fourth-order valence-corrected chi connectivity index (χ4v) is 10.2. The normalized spacial score (nSPS) is 24.0. The van der Waals surface area contributed by atoms with Crippen LogP contribution in [-0.4, -0.2) is 103 Å². The maximum Gasteiger partial charge on any atom is 0.407 e. The lowest BCUT2D eigenvalue weighted by molar-refractivity contribution is -0.140. The van der Waals surface area contributed by atoms with E-state index in [1.807, 2.05) is 45.9 Å². The summed E-state index contributed by atoms with van der Waals surface area (Å²) in [5.74, 6) is -0.664. The highest BCUT2D eigenvalue weighted by molar-refractivity contribution is 5.99. The Balaban J connectivity index is 1.05. The van der Waals surface area contributed by atoms with Crippen molar-refractivity contribution in [1.82, 2.24) is 25.8 Å². The largest absolute Gasteiger partial charge is 0.453 e. The number of hydrogen-bond acceptors (Lipinski definition) is 9. The van der Waals surface area contributed by atoms with Gasteiger partial charge in [-0.25, -0.2) is 9.59 Å². The van der Waals surface area contributed by atoms with Gasteiger partial charge in [-0.15, -0.1) is 0 Å². The van der Waals surface area contributed by atoms with Crippen LogP contribution in [0.1, 0.15) is 115 Å². The zero-order valence-electron chi connectivity index (χ0n) is 38.9. The molecule has 2 aromatic rings. The monoisotopic (exact) mass is 894 g/mol. The Morgan fingerprint density at radius 2 is 1.12 bits per heavy atom. The summed E-state index contributed by atoms with van der Waals surface area (Å²) in [5.41, 5.74) is 6.41. The molecule has 0 aromatic heterocycles. The van der Waals surface area contributed by atoms with Crippen molar-refractivity contribution >= 4 is 47.2 Å². The molecule has 65 heavy (non-hydrogen) atoms. The summed E-state index contributed by atoms with van der Waals surface area (Å²) < 4.78 is 9.51. The van der Waals surface area contributed by atoms with Gasteiger partial charge in [0.05, 0.1) is 26.3 Å². The van der Waals surface area contributed by atoms with Crippen molar-refractivity contribution < 1.29 is 38.2 Å². The van der Waals surface area contributed by atoms with Crippen LogP contribution < -0.4 is 26.2 Å². The number of nitrogens with one attached hydrogen (secondary N) is 4. The Kier molecular flexibility index (Phi) is 14.9. The molecule has 4 N–H and O–H groups in total. The van der Waals surface area contributed by atoms with Gasteiger partial charge in [-0.05, 0) is 129 Å². The third-order valence-corrected chi connectivity index (χ3v) is 13.9. The molecular formula is C50H67N7O8. The Morgan fingerprint density at radius 1 is 0.615 bits per heavy atom. The van der Waals surface area contributed by atoms with Gasteiger partial charge >= 0.3 is 12.2 Å². The number of nitrogens with zero attached hydrogens (tertiary/aromatic N) is 3. The zero-order valence-corrected chi connectivity index (χ0v) is 38.9. The predicted molar refractivity (Wildman–Crippen MR) is 248 cm³/mol. The smallest absolute Gasteiger partial charge is 0.407 e. The Hall–Kier alpha value is -5.86. The van der Waals surface area contributed by atoms with Gasteiger partial charge < -0.3 is 45.4 Å². The quantitative estimate of drug-likeness (QED) is 0.157. The van der Waals surface area contributed by atoms with Crippen molar-refractivity contribution in [3.05, 3.63) is 83.1 Å². The van der Waals surface area contributed by atoms with E-state index in [-0.39, 0.29) is 53.5 Å². The highest BCUT2D eigenvalue weighted by atomic mass is 16.5. The van der Waals surface area contributed by atoms with E-state index in [2.05, 4.69) is 75.6 Å². The van der Waals surface area contributed by atoms with Crippen molar-refractivity contribution in [2.45, 2.75) is 135 Å². The van der Waals surface area contributed by atoms with Gasteiger partial charge in [-0.3, -0.25) is 19.2 Å². The van der Waals surface area contributed by atoms with Gasteiger partial charge in [0.1, 0.15) is 24.2 Å². The number of anilines is 2. The van der Waals surface area contributed by atoms with E-state index < -0.39 is 36.4 Å². The van der Waals surface area contributed by atoms with Crippen LogP contribution in [0.4, 0.5) is 21.0 Å². The molecule has 350 valence electrons. The highest BCUT2D eigenvalue weighted by Crippen LogP contribution is 2.47. The lowest BCUT2D eigenvalue weighted by Gasteiger charge is -2.37. The van der Waals surface area contributed by atoms with Crippen LogP contribution in [0.3, 0.4) is 0 Å². The number of likely N-dealkylation sites (tertiary alicyclic amines) is 2. The van der Waals surface area contributed by atoms with Crippen LogP contribution in [0.5, 0.6) is 0 Å². The molecule has 3 heterocycles.